The van der Waals surface area contributed by atoms with E-state index in [4.69, 9.17) is 0 Å². The Hall–Kier alpha value is -2.76. The van der Waals surface area contributed by atoms with Gasteiger partial charge in [0.1, 0.15) is 11.6 Å². The van der Waals surface area contributed by atoms with Crippen molar-refractivity contribution in [2.45, 2.75) is 13.8 Å². The molecule has 0 radical (unpaired) electrons. The highest BCUT2D eigenvalue weighted by Crippen LogP contribution is 2.16. The third kappa shape index (κ3) is 3.66. The number of carbonyl (C=O) groups excluding carboxylic acids is 2. The van der Waals surface area contributed by atoms with Gasteiger partial charge in [-0.25, -0.2) is 8.78 Å². The number of nitrogens with one attached hydrogen (secondary N) is 2. The maximum absolute atomic E-state index is 13.4. The molecule has 114 valence electrons. The topological polar surface area (TPSA) is 58.2 Å². The van der Waals surface area contributed by atoms with Gasteiger partial charge < -0.3 is 10.6 Å². The minimum absolute atomic E-state index is 0.389. The lowest BCUT2D eigenvalue weighted by molar-refractivity contribution is -0.133. The molecule has 0 bridgehead atoms. The van der Waals surface area contributed by atoms with Crippen LogP contribution in [-0.2, 0) is 9.59 Å². The van der Waals surface area contributed by atoms with Gasteiger partial charge in [-0.3, -0.25) is 9.59 Å². The fraction of sp³-hybridized carbons (Fsp3) is 0.125. The van der Waals surface area contributed by atoms with Crippen LogP contribution in [-0.4, -0.2) is 11.8 Å². The summed E-state index contributed by atoms with van der Waals surface area (Å²) in [4.78, 5) is 23.5. The molecule has 0 unspecified atom stereocenters. The van der Waals surface area contributed by atoms with Gasteiger partial charge in [0.05, 0.1) is 5.69 Å². The molecule has 0 aromatic heterocycles. The lowest BCUT2D eigenvalue weighted by atomic mass is 10.1. The highest BCUT2D eigenvalue weighted by atomic mass is 19.1. The first-order valence-electron chi connectivity index (χ1n) is 6.51. The van der Waals surface area contributed by atoms with Crippen LogP contribution in [0.5, 0.6) is 0 Å². The van der Waals surface area contributed by atoms with Crippen molar-refractivity contribution >= 4 is 23.2 Å². The normalized spacial score (nSPS) is 10.2. The number of amides is 2. The molecule has 6 heteroatoms. The van der Waals surface area contributed by atoms with Crippen LogP contribution in [0.25, 0.3) is 0 Å². The predicted octanol–water partition coefficient (Wildman–Crippen LogP) is 3.16. The predicted molar refractivity (Wildman–Crippen MR) is 79.5 cm³/mol. The number of hydrogen-bond donors (Lipinski definition) is 2. The summed E-state index contributed by atoms with van der Waals surface area (Å²) in [5.41, 5.74) is 2.06. The molecule has 2 N–H and O–H groups in total. The van der Waals surface area contributed by atoms with Gasteiger partial charge in [0.2, 0.25) is 0 Å². The van der Waals surface area contributed by atoms with Gasteiger partial charge in [0, 0.05) is 11.8 Å². The SMILES string of the molecule is Cc1ccc(NC(=O)C(=O)Nc2cc(F)ccc2F)cc1C. The van der Waals surface area contributed by atoms with E-state index in [0.29, 0.717) is 5.69 Å². The van der Waals surface area contributed by atoms with E-state index in [9.17, 15) is 18.4 Å². The van der Waals surface area contributed by atoms with Crippen molar-refractivity contribution in [3.05, 3.63) is 59.2 Å². The molecule has 0 aliphatic heterocycles. The molecule has 22 heavy (non-hydrogen) atoms. The van der Waals surface area contributed by atoms with Crippen LogP contribution in [0.3, 0.4) is 0 Å². The molecule has 0 fully saturated rings. The monoisotopic (exact) mass is 304 g/mol. The second-order valence-corrected chi connectivity index (χ2v) is 4.83. The summed E-state index contributed by atoms with van der Waals surface area (Å²) in [6.45, 7) is 3.79. The largest absolute Gasteiger partial charge is 0.318 e. The van der Waals surface area contributed by atoms with Crippen LogP contribution >= 0.6 is 0 Å². The molecule has 2 aromatic carbocycles. The summed E-state index contributed by atoms with van der Waals surface area (Å²) < 4.78 is 26.4. The van der Waals surface area contributed by atoms with Crippen LogP contribution in [0.2, 0.25) is 0 Å². The van der Waals surface area contributed by atoms with Crippen LogP contribution in [0.4, 0.5) is 20.2 Å². The Morgan fingerprint density at radius 1 is 0.864 bits per heavy atom. The average Bonchev–Trinajstić information content (AvgIpc) is 2.46. The molecule has 0 saturated heterocycles. The molecule has 0 spiro atoms. The quantitative estimate of drug-likeness (QED) is 0.837. The third-order valence-corrected chi connectivity index (χ3v) is 3.15. The summed E-state index contributed by atoms with van der Waals surface area (Å²) in [6.07, 6.45) is 0. The van der Waals surface area contributed by atoms with E-state index in [1.54, 1.807) is 18.2 Å². The highest BCUT2D eigenvalue weighted by molar-refractivity contribution is 6.43. The Labute approximate surface area is 126 Å². The molecule has 0 heterocycles. The van der Waals surface area contributed by atoms with Crippen LogP contribution in [0, 0.1) is 25.5 Å². The first-order valence-corrected chi connectivity index (χ1v) is 6.51. The second kappa shape index (κ2) is 6.34. The standard InChI is InChI=1S/C16H14F2N2O2/c1-9-3-5-12(7-10(9)2)19-15(21)16(22)20-14-8-11(17)4-6-13(14)18/h3-8H,1-2H3,(H,19,21)(H,20,22). The van der Waals surface area contributed by atoms with Gasteiger partial charge in [-0.1, -0.05) is 6.07 Å². The fourth-order valence-electron chi connectivity index (χ4n) is 1.78. The molecule has 0 saturated carbocycles. The van der Waals surface area contributed by atoms with Gasteiger partial charge >= 0.3 is 11.8 Å². The molecule has 2 rings (SSSR count). The second-order valence-electron chi connectivity index (χ2n) is 4.83. The molecule has 0 aliphatic rings. The first kappa shape index (κ1) is 15.6. The summed E-state index contributed by atoms with van der Waals surface area (Å²) in [6, 6.07) is 7.75. The molecule has 2 aromatic rings. The zero-order valence-electron chi connectivity index (χ0n) is 12.0. The van der Waals surface area contributed by atoms with E-state index in [1.165, 1.54) is 0 Å². The number of benzene rings is 2. The van der Waals surface area contributed by atoms with Crippen molar-refractivity contribution in [3.8, 4) is 0 Å². The Bertz CT molecular complexity index is 745. The van der Waals surface area contributed by atoms with E-state index >= 15 is 0 Å². The smallest absolute Gasteiger partial charge is 0.314 e. The van der Waals surface area contributed by atoms with E-state index in [-0.39, 0.29) is 5.69 Å². The molecule has 4 nitrogen and oxygen atoms in total. The highest BCUT2D eigenvalue weighted by Gasteiger charge is 2.16. The number of aryl methyl sites for hydroxylation is 2. The Morgan fingerprint density at radius 2 is 1.55 bits per heavy atom. The minimum Gasteiger partial charge on any atom is -0.318 e. The van der Waals surface area contributed by atoms with Gasteiger partial charge in [-0.05, 0) is 49.2 Å². The van der Waals surface area contributed by atoms with E-state index < -0.39 is 23.4 Å². The summed E-state index contributed by atoms with van der Waals surface area (Å²) >= 11 is 0. The van der Waals surface area contributed by atoms with Crippen molar-refractivity contribution in [1.82, 2.24) is 0 Å². The minimum atomic E-state index is -1.08. The Morgan fingerprint density at radius 3 is 2.23 bits per heavy atom. The van der Waals surface area contributed by atoms with Crippen LogP contribution in [0.15, 0.2) is 36.4 Å². The van der Waals surface area contributed by atoms with Gasteiger partial charge in [-0.2, -0.15) is 0 Å². The van der Waals surface area contributed by atoms with Crippen LogP contribution < -0.4 is 10.6 Å². The van der Waals surface area contributed by atoms with Crippen molar-refractivity contribution in [3.63, 3.8) is 0 Å². The number of halogens is 2. The van der Waals surface area contributed by atoms with Crippen molar-refractivity contribution in [1.29, 1.82) is 0 Å². The lowest BCUT2D eigenvalue weighted by Crippen LogP contribution is -2.29. The molecular weight excluding hydrogens is 290 g/mol. The average molecular weight is 304 g/mol. The van der Waals surface area contributed by atoms with Crippen molar-refractivity contribution in [2.24, 2.45) is 0 Å². The van der Waals surface area contributed by atoms with E-state index in [0.717, 1.165) is 29.3 Å². The van der Waals surface area contributed by atoms with E-state index in [2.05, 4.69) is 5.32 Å². The van der Waals surface area contributed by atoms with Crippen molar-refractivity contribution in [2.75, 3.05) is 10.6 Å². The van der Waals surface area contributed by atoms with E-state index in [1.807, 2.05) is 19.2 Å². The molecular formula is C16H14F2N2O2. The molecule has 2 amide bonds. The zero-order valence-corrected chi connectivity index (χ0v) is 12.0. The number of rotatable bonds is 2. The van der Waals surface area contributed by atoms with Crippen LogP contribution in [0.1, 0.15) is 11.1 Å². The zero-order chi connectivity index (χ0) is 16.3. The number of hydrogen-bond acceptors (Lipinski definition) is 2. The van der Waals surface area contributed by atoms with Gasteiger partial charge in [-0.15, -0.1) is 0 Å². The maximum atomic E-state index is 13.4. The van der Waals surface area contributed by atoms with Crippen molar-refractivity contribution < 1.29 is 18.4 Å². The summed E-state index contributed by atoms with van der Waals surface area (Å²) in [5, 5.41) is 4.43. The lowest BCUT2D eigenvalue weighted by Gasteiger charge is -2.09. The number of carbonyl (C=O) groups is 2. The Balaban J connectivity index is 2.07. The maximum Gasteiger partial charge on any atom is 0.314 e. The van der Waals surface area contributed by atoms with Gasteiger partial charge in [0.25, 0.3) is 0 Å². The fourth-order valence-corrected chi connectivity index (χ4v) is 1.78. The number of anilines is 2. The molecule has 0 aliphatic carbocycles. The van der Waals surface area contributed by atoms with Gasteiger partial charge in [0.15, 0.2) is 0 Å². The first-order chi connectivity index (χ1) is 10.4. The third-order valence-electron chi connectivity index (χ3n) is 3.15. The molecule has 0 atom stereocenters. The summed E-state index contributed by atoms with van der Waals surface area (Å²) in [7, 11) is 0. The summed E-state index contributed by atoms with van der Waals surface area (Å²) in [5.74, 6) is -3.59. The Kier molecular flexibility index (Phi) is 4.50.